The number of nitrogens with zero attached hydrogens (tertiary/aromatic N) is 2. The van der Waals surface area contributed by atoms with Crippen molar-refractivity contribution in [3.8, 4) is 0 Å². The summed E-state index contributed by atoms with van der Waals surface area (Å²) in [6.07, 6.45) is 0. The summed E-state index contributed by atoms with van der Waals surface area (Å²) in [5, 5.41) is 6.24. The van der Waals surface area contributed by atoms with Gasteiger partial charge in [0.25, 0.3) is 5.91 Å². The number of nitrogens with one attached hydrogen (secondary N) is 2. The van der Waals surface area contributed by atoms with Gasteiger partial charge in [-0.3, -0.25) is 4.79 Å². The topological polar surface area (TPSA) is 66.9 Å². The van der Waals surface area contributed by atoms with Crippen LogP contribution in [0.2, 0.25) is 0 Å². The second-order valence-corrected chi connectivity index (χ2v) is 6.72. The van der Waals surface area contributed by atoms with Crippen molar-refractivity contribution in [1.29, 1.82) is 0 Å². The van der Waals surface area contributed by atoms with Gasteiger partial charge in [0, 0.05) is 18.3 Å². The van der Waals surface area contributed by atoms with Crippen molar-refractivity contribution in [2.45, 2.75) is 33.2 Å². The number of benzene rings is 2. The first kappa shape index (κ1) is 18.6. The monoisotopic (exact) mass is 360 g/mol. The zero-order chi connectivity index (χ0) is 19.2. The fourth-order valence-corrected chi connectivity index (χ4v) is 2.87. The molecule has 3 rings (SSSR count). The normalized spacial score (nSPS) is 10.7. The van der Waals surface area contributed by atoms with E-state index in [2.05, 4.69) is 40.5 Å². The summed E-state index contributed by atoms with van der Waals surface area (Å²) in [5.74, 6) is 1.32. The van der Waals surface area contributed by atoms with E-state index in [1.54, 1.807) is 13.0 Å². The van der Waals surface area contributed by atoms with E-state index in [9.17, 15) is 4.79 Å². The van der Waals surface area contributed by atoms with Gasteiger partial charge in [0.1, 0.15) is 17.3 Å². The number of carbonyl (C=O) groups excluding carboxylic acids is 1. The van der Waals surface area contributed by atoms with Crippen LogP contribution in [0.5, 0.6) is 0 Å². The van der Waals surface area contributed by atoms with E-state index in [-0.39, 0.29) is 5.91 Å². The van der Waals surface area contributed by atoms with Crippen LogP contribution in [0.1, 0.15) is 47.2 Å². The minimum absolute atomic E-state index is 0.218. The van der Waals surface area contributed by atoms with Crippen molar-refractivity contribution in [2.24, 2.45) is 0 Å². The highest BCUT2D eigenvalue weighted by Gasteiger charge is 2.12. The molecule has 5 heteroatoms. The molecule has 0 aliphatic carbocycles. The Morgan fingerprint density at radius 1 is 1.00 bits per heavy atom. The van der Waals surface area contributed by atoms with Gasteiger partial charge in [0.2, 0.25) is 0 Å². The maximum atomic E-state index is 12.5. The lowest BCUT2D eigenvalue weighted by atomic mass is 10.0. The van der Waals surface area contributed by atoms with Gasteiger partial charge in [-0.1, -0.05) is 62.4 Å². The summed E-state index contributed by atoms with van der Waals surface area (Å²) in [6, 6.07) is 19.6. The Morgan fingerprint density at radius 3 is 2.44 bits per heavy atom. The van der Waals surface area contributed by atoms with Gasteiger partial charge in [-0.25, -0.2) is 9.97 Å². The van der Waals surface area contributed by atoms with Crippen LogP contribution < -0.4 is 10.6 Å². The summed E-state index contributed by atoms with van der Waals surface area (Å²) < 4.78 is 0. The number of hydrogen-bond acceptors (Lipinski definition) is 4. The molecule has 2 aromatic carbocycles. The number of para-hydroxylation sites is 1. The smallest absolute Gasteiger partial charge is 0.270 e. The lowest BCUT2D eigenvalue weighted by molar-refractivity contribution is 0.0945. The van der Waals surface area contributed by atoms with Crippen LogP contribution in [0.15, 0.2) is 60.7 Å². The molecule has 1 aromatic heterocycles. The molecule has 0 bridgehead atoms. The van der Waals surface area contributed by atoms with Crippen LogP contribution in [-0.2, 0) is 6.54 Å². The Bertz CT molecular complexity index is 923. The van der Waals surface area contributed by atoms with E-state index in [4.69, 9.17) is 0 Å². The first-order valence-corrected chi connectivity index (χ1v) is 9.06. The molecule has 0 aliphatic rings. The molecule has 0 saturated carbocycles. The molecule has 0 saturated heterocycles. The summed E-state index contributed by atoms with van der Waals surface area (Å²) in [4.78, 5) is 21.2. The van der Waals surface area contributed by atoms with Crippen LogP contribution >= 0.6 is 0 Å². The van der Waals surface area contributed by atoms with Crippen molar-refractivity contribution >= 4 is 17.4 Å². The molecule has 0 aliphatic heterocycles. The van der Waals surface area contributed by atoms with Gasteiger partial charge in [0.05, 0.1) is 0 Å². The SMILES string of the molecule is Cc1nc(Nc2ccccc2C(C)C)cc(C(=O)NCc2ccccc2)n1. The molecule has 5 nitrogen and oxygen atoms in total. The molecule has 0 radical (unpaired) electrons. The number of hydrogen-bond donors (Lipinski definition) is 2. The molecule has 3 aromatic rings. The van der Waals surface area contributed by atoms with E-state index < -0.39 is 0 Å². The second-order valence-electron chi connectivity index (χ2n) is 6.72. The van der Waals surface area contributed by atoms with Crippen LogP contribution in [0.4, 0.5) is 11.5 Å². The van der Waals surface area contributed by atoms with Crippen molar-refractivity contribution in [1.82, 2.24) is 15.3 Å². The molecule has 1 amide bonds. The number of anilines is 2. The Kier molecular flexibility index (Phi) is 5.81. The largest absolute Gasteiger partial charge is 0.347 e. The molecular formula is C22H24N4O. The Balaban J connectivity index is 1.77. The van der Waals surface area contributed by atoms with Gasteiger partial charge < -0.3 is 10.6 Å². The summed E-state index contributed by atoms with van der Waals surface area (Å²) in [5.41, 5.74) is 3.58. The number of aryl methyl sites for hydroxylation is 1. The molecular weight excluding hydrogens is 336 g/mol. The number of rotatable bonds is 6. The number of amides is 1. The van der Waals surface area contributed by atoms with Crippen LogP contribution in [0.25, 0.3) is 0 Å². The van der Waals surface area contributed by atoms with Gasteiger partial charge in [-0.05, 0) is 30.0 Å². The summed E-state index contributed by atoms with van der Waals surface area (Å²) in [6.45, 7) is 6.54. The molecule has 27 heavy (non-hydrogen) atoms. The standard InChI is InChI=1S/C22H24N4O/c1-15(2)18-11-7-8-12-19(18)26-21-13-20(24-16(3)25-21)22(27)23-14-17-9-5-4-6-10-17/h4-13,15H,14H2,1-3H3,(H,23,27)(H,24,25,26). The number of carbonyl (C=O) groups is 1. The first-order valence-electron chi connectivity index (χ1n) is 9.06. The minimum Gasteiger partial charge on any atom is -0.347 e. The Labute approximate surface area is 159 Å². The lowest BCUT2D eigenvalue weighted by Gasteiger charge is -2.15. The fraction of sp³-hybridized carbons (Fsp3) is 0.227. The van der Waals surface area contributed by atoms with E-state index in [1.165, 1.54) is 5.56 Å². The average Bonchev–Trinajstić information content (AvgIpc) is 2.66. The first-order chi connectivity index (χ1) is 13.0. The summed E-state index contributed by atoms with van der Waals surface area (Å²) in [7, 11) is 0. The van der Waals surface area contributed by atoms with Crippen LogP contribution in [-0.4, -0.2) is 15.9 Å². The number of aromatic nitrogens is 2. The molecule has 2 N–H and O–H groups in total. The summed E-state index contributed by atoms with van der Waals surface area (Å²) >= 11 is 0. The van der Waals surface area contributed by atoms with Gasteiger partial charge in [0.15, 0.2) is 0 Å². The molecule has 138 valence electrons. The minimum atomic E-state index is -0.218. The Hall–Kier alpha value is -3.21. The van der Waals surface area contributed by atoms with E-state index in [0.717, 1.165) is 11.3 Å². The predicted molar refractivity (Wildman–Crippen MR) is 108 cm³/mol. The zero-order valence-corrected chi connectivity index (χ0v) is 15.9. The fourth-order valence-electron chi connectivity index (χ4n) is 2.87. The Morgan fingerprint density at radius 2 is 1.70 bits per heavy atom. The zero-order valence-electron chi connectivity index (χ0n) is 15.9. The maximum absolute atomic E-state index is 12.5. The van der Waals surface area contributed by atoms with E-state index in [0.29, 0.717) is 29.8 Å². The molecule has 0 fully saturated rings. The third kappa shape index (κ3) is 4.91. The van der Waals surface area contributed by atoms with E-state index in [1.807, 2.05) is 48.5 Å². The molecule has 1 heterocycles. The van der Waals surface area contributed by atoms with Crippen molar-refractivity contribution < 1.29 is 4.79 Å². The average molecular weight is 360 g/mol. The quantitative estimate of drug-likeness (QED) is 0.675. The molecule has 0 spiro atoms. The third-order valence-electron chi connectivity index (χ3n) is 4.21. The lowest BCUT2D eigenvalue weighted by Crippen LogP contribution is -2.24. The van der Waals surface area contributed by atoms with Crippen molar-refractivity contribution in [3.05, 3.63) is 83.3 Å². The maximum Gasteiger partial charge on any atom is 0.270 e. The van der Waals surface area contributed by atoms with Crippen LogP contribution in [0.3, 0.4) is 0 Å². The highest BCUT2D eigenvalue weighted by atomic mass is 16.1. The highest BCUT2D eigenvalue weighted by molar-refractivity contribution is 5.93. The molecule has 0 unspecified atom stereocenters. The second kappa shape index (κ2) is 8.45. The highest BCUT2D eigenvalue weighted by Crippen LogP contribution is 2.26. The van der Waals surface area contributed by atoms with Crippen molar-refractivity contribution in [3.63, 3.8) is 0 Å². The van der Waals surface area contributed by atoms with Crippen LogP contribution in [0, 0.1) is 6.92 Å². The van der Waals surface area contributed by atoms with E-state index >= 15 is 0 Å². The van der Waals surface area contributed by atoms with Crippen molar-refractivity contribution in [2.75, 3.05) is 5.32 Å². The predicted octanol–water partition coefficient (Wildman–Crippen LogP) is 4.58. The van der Waals surface area contributed by atoms with Gasteiger partial charge in [-0.2, -0.15) is 0 Å². The molecule has 0 atom stereocenters. The third-order valence-corrected chi connectivity index (χ3v) is 4.21. The van der Waals surface area contributed by atoms with Gasteiger partial charge in [-0.15, -0.1) is 0 Å². The van der Waals surface area contributed by atoms with Gasteiger partial charge >= 0.3 is 0 Å².